The molecule has 0 bridgehead atoms. The van der Waals surface area contributed by atoms with E-state index >= 15 is 0 Å². The third-order valence-electron chi connectivity index (χ3n) is 5.30. The Morgan fingerprint density at radius 1 is 1.08 bits per heavy atom. The van der Waals surface area contributed by atoms with Gasteiger partial charge in [-0.2, -0.15) is 0 Å². The topological polar surface area (TPSA) is 30.9 Å². The molecule has 120 valence electrons. The van der Waals surface area contributed by atoms with Crippen molar-refractivity contribution in [3.63, 3.8) is 0 Å². The summed E-state index contributed by atoms with van der Waals surface area (Å²) in [6.07, 6.45) is 3.35. The Hall–Kier alpha value is -2.46. The first-order valence-corrected chi connectivity index (χ1v) is 8.48. The molecule has 0 amide bonds. The molecule has 0 radical (unpaired) electrons. The fourth-order valence-electron chi connectivity index (χ4n) is 4.19. The molecule has 2 aliphatic rings. The number of hydrogen-bond donors (Lipinski definition) is 0. The van der Waals surface area contributed by atoms with Crippen LogP contribution in [0, 0.1) is 13.8 Å². The molecule has 0 saturated carbocycles. The van der Waals surface area contributed by atoms with Crippen LogP contribution in [-0.4, -0.2) is 15.8 Å². The highest BCUT2D eigenvalue weighted by molar-refractivity contribution is 5.40. The van der Waals surface area contributed by atoms with Crippen LogP contribution in [0.15, 0.2) is 48.8 Å². The molecule has 24 heavy (non-hydrogen) atoms. The van der Waals surface area contributed by atoms with Crippen LogP contribution in [0.25, 0.3) is 5.69 Å². The molecule has 0 fully saturated rings. The molecular weight excluding hydrogens is 298 g/mol. The lowest BCUT2D eigenvalue weighted by Gasteiger charge is -2.22. The van der Waals surface area contributed by atoms with Crippen LogP contribution in [-0.2, 0) is 17.8 Å². The third-order valence-corrected chi connectivity index (χ3v) is 5.30. The largest absolute Gasteiger partial charge is 0.363 e. The Balaban J connectivity index is 1.66. The zero-order valence-corrected chi connectivity index (χ0v) is 13.9. The normalized spacial score (nSPS) is 21.2. The zero-order valence-electron chi connectivity index (χ0n) is 13.9. The molecule has 3 aromatic rings. The number of fused-ring (bicyclic) bond motifs is 5. The average molecular weight is 318 g/mol. The number of nitrogens with zero attached hydrogens (tertiary/aromatic N) is 3. The standard InChI is InChI=1S/C20H20N3O/c1-13-6-5-7-14(2)19(13)23-12-22-18(21-23)11-24-17-10-15-8-3-4-9-16(15)20(17)22/h3-9,12,17,20H,10-11H2,1-2H3/q+1/t17-,20?/m0/s1. The van der Waals surface area contributed by atoms with E-state index in [9.17, 15) is 0 Å². The second-order valence-electron chi connectivity index (χ2n) is 6.82. The van der Waals surface area contributed by atoms with E-state index < -0.39 is 0 Å². The van der Waals surface area contributed by atoms with E-state index in [0.29, 0.717) is 6.61 Å². The number of aryl methyl sites for hydroxylation is 2. The number of para-hydroxylation sites is 1. The minimum Gasteiger partial charge on any atom is -0.363 e. The Morgan fingerprint density at radius 2 is 1.88 bits per heavy atom. The Labute approximate surface area is 141 Å². The summed E-state index contributed by atoms with van der Waals surface area (Å²) in [7, 11) is 0. The minimum absolute atomic E-state index is 0.218. The van der Waals surface area contributed by atoms with Gasteiger partial charge in [0.05, 0.1) is 0 Å². The predicted molar refractivity (Wildman–Crippen MR) is 90.1 cm³/mol. The van der Waals surface area contributed by atoms with Crippen molar-refractivity contribution >= 4 is 0 Å². The van der Waals surface area contributed by atoms with Gasteiger partial charge in [-0.05, 0) is 35.6 Å². The summed E-state index contributed by atoms with van der Waals surface area (Å²) < 4.78 is 10.5. The number of benzene rings is 2. The molecule has 1 unspecified atom stereocenters. The summed E-state index contributed by atoms with van der Waals surface area (Å²) in [5.41, 5.74) is 6.41. The van der Waals surface area contributed by atoms with Crippen LogP contribution >= 0.6 is 0 Å². The second-order valence-corrected chi connectivity index (χ2v) is 6.82. The van der Waals surface area contributed by atoms with Gasteiger partial charge in [-0.25, -0.2) is 4.57 Å². The molecule has 1 aliphatic carbocycles. The van der Waals surface area contributed by atoms with E-state index in [1.165, 1.54) is 27.9 Å². The fraction of sp³-hybridized carbons (Fsp3) is 0.300. The van der Waals surface area contributed by atoms with Crippen LogP contribution in [0.2, 0.25) is 0 Å². The van der Waals surface area contributed by atoms with E-state index in [1.807, 2.05) is 4.68 Å². The van der Waals surface area contributed by atoms with Gasteiger partial charge < -0.3 is 4.74 Å². The molecule has 0 saturated heterocycles. The molecule has 0 N–H and O–H groups in total. The van der Waals surface area contributed by atoms with E-state index in [0.717, 1.165) is 12.2 Å². The van der Waals surface area contributed by atoms with Gasteiger partial charge in [0.1, 0.15) is 12.7 Å². The van der Waals surface area contributed by atoms with Crippen molar-refractivity contribution in [1.29, 1.82) is 0 Å². The van der Waals surface area contributed by atoms with Crippen molar-refractivity contribution in [1.82, 2.24) is 9.67 Å². The van der Waals surface area contributed by atoms with E-state index in [4.69, 9.17) is 9.84 Å². The smallest absolute Gasteiger partial charge is 0.272 e. The van der Waals surface area contributed by atoms with Crippen molar-refractivity contribution in [3.05, 3.63) is 76.9 Å². The van der Waals surface area contributed by atoms with E-state index in [1.54, 1.807) is 0 Å². The molecule has 4 heteroatoms. The summed E-state index contributed by atoms with van der Waals surface area (Å²) in [6.45, 7) is 4.85. The molecule has 1 aliphatic heterocycles. The van der Waals surface area contributed by atoms with Gasteiger partial charge in [0.2, 0.25) is 0 Å². The van der Waals surface area contributed by atoms with E-state index in [-0.39, 0.29) is 12.1 Å². The lowest BCUT2D eigenvalue weighted by molar-refractivity contribution is -0.658. The maximum Gasteiger partial charge on any atom is 0.272 e. The summed E-state index contributed by atoms with van der Waals surface area (Å²) in [6, 6.07) is 15.3. The second kappa shape index (κ2) is 5.02. The first-order valence-electron chi connectivity index (χ1n) is 8.48. The molecular formula is C20H20N3O+. The molecule has 4 nitrogen and oxygen atoms in total. The van der Waals surface area contributed by atoms with Crippen LogP contribution in [0.4, 0.5) is 0 Å². The van der Waals surface area contributed by atoms with Gasteiger partial charge in [0, 0.05) is 12.0 Å². The van der Waals surface area contributed by atoms with Crippen LogP contribution in [0.1, 0.15) is 34.1 Å². The van der Waals surface area contributed by atoms with Crippen LogP contribution in [0.3, 0.4) is 0 Å². The Kier molecular flexibility index (Phi) is 2.91. The number of ether oxygens (including phenoxy) is 1. The molecule has 1 aromatic heterocycles. The molecule has 5 rings (SSSR count). The maximum atomic E-state index is 6.12. The van der Waals surface area contributed by atoms with Crippen molar-refractivity contribution in [2.24, 2.45) is 0 Å². The first-order chi connectivity index (χ1) is 11.7. The van der Waals surface area contributed by atoms with Crippen molar-refractivity contribution in [3.8, 4) is 5.69 Å². The summed E-state index contributed by atoms with van der Waals surface area (Å²) >= 11 is 0. The van der Waals surface area contributed by atoms with E-state index in [2.05, 4.69) is 67.2 Å². The maximum absolute atomic E-state index is 6.12. The zero-order chi connectivity index (χ0) is 16.3. The van der Waals surface area contributed by atoms with Gasteiger partial charge in [-0.3, -0.25) is 0 Å². The molecule has 2 atom stereocenters. The number of hydrogen-bond acceptors (Lipinski definition) is 2. The molecule has 2 aromatic carbocycles. The summed E-state index contributed by atoms with van der Waals surface area (Å²) in [4.78, 5) is 0. The lowest BCUT2D eigenvalue weighted by atomic mass is 10.1. The molecule has 0 spiro atoms. The number of rotatable bonds is 1. The first kappa shape index (κ1) is 13.9. The van der Waals surface area contributed by atoms with Gasteiger partial charge in [-0.1, -0.05) is 47.1 Å². The Morgan fingerprint density at radius 3 is 2.71 bits per heavy atom. The monoisotopic (exact) mass is 318 g/mol. The van der Waals surface area contributed by atoms with Crippen molar-refractivity contribution < 1.29 is 9.42 Å². The van der Waals surface area contributed by atoms with Gasteiger partial charge in [0.15, 0.2) is 11.7 Å². The predicted octanol–water partition coefficient (Wildman–Crippen LogP) is 2.82. The van der Waals surface area contributed by atoms with Gasteiger partial charge >= 0.3 is 0 Å². The highest BCUT2D eigenvalue weighted by Crippen LogP contribution is 2.39. The average Bonchev–Trinajstić information content (AvgIpc) is 3.14. The van der Waals surface area contributed by atoms with Crippen molar-refractivity contribution in [2.45, 2.75) is 39.0 Å². The third kappa shape index (κ3) is 1.89. The van der Waals surface area contributed by atoms with Gasteiger partial charge in [-0.15, -0.1) is 0 Å². The quantitative estimate of drug-likeness (QED) is 0.646. The van der Waals surface area contributed by atoms with Crippen molar-refractivity contribution in [2.75, 3.05) is 0 Å². The van der Waals surface area contributed by atoms with Gasteiger partial charge in [0.25, 0.3) is 12.2 Å². The SMILES string of the molecule is Cc1cccc(C)c1-[n+]1cn2c(n1)CO[C@H]1Cc3ccccc3C12. The summed E-state index contributed by atoms with van der Waals surface area (Å²) in [5, 5.41) is 4.83. The van der Waals surface area contributed by atoms with Crippen LogP contribution < -0.4 is 4.68 Å². The lowest BCUT2D eigenvalue weighted by Crippen LogP contribution is -2.34. The summed E-state index contributed by atoms with van der Waals surface area (Å²) in [5.74, 6) is 0.996. The number of aromatic nitrogens is 3. The Bertz CT molecular complexity index is 924. The minimum atomic E-state index is 0.218. The highest BCUT2D eigenvalue weighted by atomic mass is 16.5. The molecule has 2 heterocycles. The van der Waals surface area contributed by atoms with Crippen LogP contribution in [0.5, 0.6) is 0 Å². The fourth-order valence-corrected chi connectivity index (χ4v) is 4.19. The highest BCUT2D eigenvalue weighted by Gasteiger charge is 2.43.